The lowest BCUT2D eigenvalue weighted by atomic mass is 9.85. The van der Waals surface area contributed by atoms with Gasteiger partial charge in [-0.3, -0.25) is 4.90 Å². The highest BCUT2D eigenvalue weighted by atomic mass is 15.2. The third-order valence-corrected chi connectivity index (χ3v) is 4.88. The first-order valence-corrected chi connectivity index (χ1v) is 6.92. The molecule has 1 aromatic rings. The normalized spacial score (nSPS) is 29.1. The average Bonchev–Trinajstić information content (AvgIpc) is 2.94. The molecule has 1 aromatic heterocycles. The Hall–Kier alpha value is -1.44. The lowest BCUT2D eigenvalue weighted by molar-refractivity contribution is 0.132. The van der Waals surface area contributed by atoms with Crippen LogP contribution in [-0.2, 0) is 6.54 Å². The second kappa shape index (κ2) is 4.59. The van der Waals surface area contributed by atoms with Gasteiger partial charge in [0.05, 0.1) is 0 Å². The summed E-state index contributed by atoms with van der Waals surface area (Å²) < 4.78 is 0. The van der Waals surface area contributed by atoms with Gasteiger partial charge in [-0.2, -0.15) is 5.26 Å². The van der Waals surface area contributed by atoms with Gasteiger partial charge in [-0.1, -0.05) is 6.07 Å². The quantitative estimate of drug-likeness (QED) is 0.868. The standard InChI is InChI=1S/C15H20N4/c1-15(2)13-8-17-7-12(13)10-19(15)9-11-4-3-5-18-14(11)6-16/h3-5,12-13,17H,7-10H2,1-2H3. The van der Waals surface area contributed by atoms with Crippen LogP contribution >= 0.6 is 0 Å². The first kappa shape index (κ1) is 12.6. The smallest absolute Gasteiger partial charge is 0.144 e. The van der Waals surface area contributed by atoms with Gasteiger partial charge in [-0.15, -0.1) is 0 Å². The molecule has 1 N–H and O–H groups in total. The van der Waals surface area contributed by atoms with E-state index in [2.05, 4.69) is 35.1 Å². The zero-order valence-corrected chi connectivity index (χ0v) is 11.6. The van der Waals surface area contributed by atoms with Crippen molar-refractivity contribution >= 4 is 0 Å². The summed E-state index contributed by atoms with van der Waals surface area (Å²) in [6.45, 7) is 8.84. The molecule has 4 heteroatoms. The average molecular weight is 256 g/mol. The largest absolute Gasteiger partial charge is 0.316 e. The molecule has 0 bridgehead atoms. The van der Waals surface area contributed by atoms with Gasteiger partial charge in [0, 0.05) is 36.9 Å². The van der Waals surface area contributed by atoms with Crippen LogP contribution in [0.25, 0.3) is 0 Å². The Morgan fingerprint density at radius 2 is 2.37 bits per heavy atom. The SMILES string of the molecule is CC1(C)C2CNCC2CN1Cc1cccnc1C#N. The van der Waals surface area contributed by atoms with E-state index in [0.717, 1.165) is 43.6 Å². The Bertz CT molecular complexity index is 517. The number of aromatic nitrogens is 1. The first-order chi connectivity index (χ1) is 9.13. The number of nitrogens with zero attached hydrogens (tertiary/aromatic N) is 3. The molecule has 2 aliphatic rings. The van der Waals surface area contributed by atoms with Gasteiger partial charge in [0.15, 0.2) is 0 Å². The molecule has 2 atom stereocenters. The lowest BCUT2D eigenvalue weighted by Gasteiger charge is -2.35. The van der Waals surface area contributed by atoms with Crippen molar-refractivity contribution in [1.29, 1.82) is 5.26 Å². The van der Waals surface area contributed by atoms with Crippen LogP contribution in [0, 0.1) is 23.2 Å². The van der Waals surface area contributed by atoms with Crippen LogP contribution in [0.4, 0.5) is 0 Å². The maximum Gasteiger partial charge on any atom is 0.144 e. The number of hydrogen-bond donors (Lipinski definition) is 1. The van der Waals surface area contributed by atoms with E-state index in [9.17, 15) is 0 Å². The molecule has 0 aliphatic carbocycles. The molecular formula is C15H20N4. The van der Waals surface area contributed by atoms with Crippen LogP contribution in [0.1, 0.15) is 25.1 Å². The van der Waals surface area contributed by atoms with Crippen LogP contribution in [0.2, 0.25) is 0 Å². The van der Waals surface area contributed by atoms with Crippen molar-refractivity contribution in [2.45, 2.75) is 25.9 Å². The highest BCUT2D eigenvalue weighted by molar-refractivity contribution is 5.30. The summed E-state index contributed by atoms with van der Waals surface area (Å²) in [5.41, 5.74) is 1.80. The third kappa shape index (κ3) is 2.03. The summed E-state index contributed by atoms with van der Waals surface area (Å²) in [4.78, 5) is 6.67. The van der Waals surface area contributed by atoms with E-state index in [1.165, 1.54) is 0 Å². The van der Waals surface area contributed by atoms with Crippen LogP contribution < -0.4 is 5.32 Å². The molecule has 0 saturated carbocycles. The van der Waals surface area contributed by atoms with E-state index < -0.39 is 0 Å². The fourth-order valence-electron chi connectivity index (χ4n) is 3.65. The Balaban J connectivity index is 1.83. The number of hydrogen-bond acceptors (Lipinski definition) is 4. The number of pyridine rings is 1. The van der Waals surface area contributed by atoms with Gasteiger partial charge in [-0.25, -0.2) is 4.98 Å². The zero-order valence-electron chi connectivity index (χ0n) is 11.6. The summed E-state index contributed by atoms with van der Waals surface area (Å²) in [5.74, 6) is 1.46. The molecule has 2 aliphatic heterocycles. The van der Waals surface area contributed by atoms with E-state index in [4.69, 9.17) is 5.26 Å². The molecule has 0 aromatic carbocycles. The fourth-order valence-corrected chi connectivity index (χ4v) is 3.65. The van der Waals surface area contributed by atoms with Crippen LogP contribution in [-0.4, -0.2) is 35.1 Å². The molecule has 2 unspecified atom stereocenters. The molecule has 0 spiro atoms. The van der Waals surface area contributed by atoms with Crippen molar-refractivity contribution in [2.24, 2.45) is 11.8 Å². The van der Waals surface area contributed by atoms with E-state index in [1.54, 1.807) is 6.20 Å². The summed E-state index contributed by atoms with van der Waals surface area (Å²) in [6.07, 6.45) is 1.69. The van der Waals surface area contributed by atoms with E-state index in [-0.39, 0.29) is 5.54 Å². The Labute approximate surface area is 114 Å². The van der Waals surface area contributed by atoms with E-state index in [1.807, 2.05) is 12.1 Å². The molecule has 2 saturated heterocycles. The van der Waals surface area contributed by atoms with Crippen LogP contribution in [0.3, 0.4) is 0 Å². The predicted octanol–water partition coefficient (Wildman–Crippen LogP) is 1.38. The van der Waals surface area contributed by atoms with Gasteiger partial charge in [-0.05, 0) is 38.3 Å². The van der Waals surface area contributed by atoms with Crippen molar-refractivity contribution in [2.75, 3.05) is 19.6 Å². The summed E-state index contributed by atoms with van der Waals surface area (Å²) >= 11 is 0. The lowest BCUT2D eigenvalue weighted by Crippen LogP contribution is -2.44. The Morgan fingerprint density at radius 1 is 1.53 bits per heavy atom. The molecule has 0 radical (unpaired) electrons. The van der Waals surface area contributed by atoms with Crippen molar-refractivity contribution in [3.05, 3.63) is 29.6 Å². The molecule has 3 heterocycles. The monoisotopic (exact) mass is 256 g/mol. The molecule has 19 heavy (non-hydrogen) atoms. The molecule has 0 amide bonds. The van der Waals surface area contributed by atoms with Gasteiger partial charge in [0.25, 0.3) is 0 Å². The van der Waals surface area contributed by atoms with Crippen molar-refractivity contribution < 1.29 is 0 Å². The second-order valence-corrected chi connectivity index (χ2v) is 6.18. The van der Waals surface area contributed by atoms with Crippen molar-refractivity contribution in [3.63, 3.8) is 0 Å². The van der Waals surface area contributed by atoms with Crippen molar-refractivity contribution in [3.8, 4) is 6.07 Å². The first-order valence-electron chi connectivity index (χ1n) is 6.92. The maximum atomic E-state index is 9.14. The highest BCUT2D eigenvalue weighted by Gasteiger charge is 2.49. The van der Waals surface area contributed by atoms with E-state index >= 15 is 0 Å². The van der Waals surface area contributed by atoms with Gasteiger partial charge < -0.3 is 5.32 Å². The number of rotatable bonds is 2. The Morgan fingerprint density at radius 3 is 3.11 bits per heavy atom. The van der Waals surface area contributed by atoms with Gasteiger partial charge in [0.1, 0.15) is 11.8 Å². The third-order valence-electron chi connectivity index (χ3n) is 4.88. The fraction of sp³-hybridized carbons (Fsp3) is 0.600. The van der Waals surface area contributed by atoms with Crippen LogP contribution in [0.5, 0.6) is 0 Å². The second-order valence-electron chi connectivity index (χ2n) is 6.18. The Kier molecular flexibility index (Phi) is 3.04. The highest BCUT2D eigenvalue weighted by Crippen LogP contribution is 2.41. The predicted molar refractivity (Wildman–Crippen MR) is 73.3 cm³/mol. The molecule has 100 valence electrons. The number of nitriles is 1. The number of likely N-dealkylation sites (tertiary alicyclic amines) is 1. The minimum atomic E-state index is 0.191. The molecule has 3 rings (SSSR count). The number of fused-ring (bicyclic) bond motifs is 1. The van der Waals surface area contributed by atoms with Crippen molar-refractivity contribution in [1.82, 2.24) is 15.2 Å². The molecular weight excluding hydrogens is 236 g/mol. The van der Waals surface area contributed by atoms with Gasteiger partial charge in [0.2, 0.25) is 0 Å². The van der Waals surface area contributed by atoms with E-state index in [0.29, 0.717) is 5.69 Å². The summed E-state index contributed by atoms with van der Waals surface area (Å²) in [7, 11) is 0. The topological polar surface area (TPSA) is 52.0 Å². The summed E-state index contributed by atoms with van der Waals surface area (Å²) in [6, 6.07) is 6.14. The zero-order chi connectivity index (χ0) is 13.5. The molecule has 4 nitrogen and oxygen atoms in total. The minimum Gasteiger partial charge on any atom is -0.316 e. The minimum absolute atomic E-state index is 0.191. The molecule has 2 fully saturated rings. The van der Waals surface area contributed by atoms with Gasteiger partial charge >= 0.3 is 0 Å². The summed E-state index contributed by atoms with van der Waals surface area (Å²) in [5, 5.41) is 12.6. The number of nitrogens with one attached hydrogen (secondary N) is 1. The van der Waals surface area contributed by atoms with Crippen LogP contribution in [0.15, 0.2) is 18.3 Å². The maximum absolute atomic E-state index is 9.14.